The van der Waals surface area contributed by atoms with Gasteiger partial charge in [0.15, 0.2) is 0 Å². The van der Waals surface area contributed by atoms with Crippen LogP contribution >= 0.6 is 11.8 Å². The number of halogens is 2. The van der Waals surface area contributed by atoms with Crippen molar-refractivity contribution in [1.29, 1.82) is 5.26 Å². The molecule has 0 aromatic carbocycles. The lowest BCUT2D eigenvalue weighted by Crippen LogP contribution is -2.49. The largest absolute Gasteiger partial charge is 0.465 e. The molecule has 1 aromatic heterocycles. The summed E-state index contributed by atoms with van der Waals surface area (Å²) in [7, 11) is 0. The van der Waals surface area contributed by atoms with Crippen LogP contribution in [0.1, 0.15) is 75.6 Å². The molecule has 29 heavy (non-hydrogen) atoms. The van der Waals surface area contributed by atoms with Gasteiger partial charge in [-0.3, -0.25) is 4.79 Å². The number of rotatable bonds is 6. The van der Waals surface area contributed by atoms with Crippen molar-refractivity contribution in [3.8, 4) is 6.07 Å². The second kappa shape index (κ2) is 7.86. The van der Waals surface area contributed by atoms with Crippen LogP contribution in [0.3, 0.4) is 0 Å². The van der Waals surface area contributed by atoms with E-state index < -0.39 is 17.6 Å². The van der Waals surface area contributed by atoms with Crippen molar-refractivity contribution in [2.75, 3.05) is 6.61 Å². The zero-order valence-corrected chi connectivity index (χ0v) is 17.6. The Morgan fingerprint density at radius 1 is 1.31 bits per heavy atom. The summed E-state index contributed by atoms with van der Waals surface area (Å²) in [5.74, 6) is 1.54. The number of carbonyl (C=O) groups is 1. The third-order valence-electron chi connectivity index (χ3n) is 6.85. The van der Waals surface area contributed by atoms with Crippen molar-refractivity contribution in [2.24, 2.45) is 17.8 Å². The van der Waals surface area contributed by atoms with E-state index in [-0.39, 0.29) is 28.2 Å². The predicted molar refractivity (Wildman–Crippen MR) is 106 cm³/mol. The Morgan fingerprint density at radius 2 is 1.90 bits per heavy atom. The molecule has 1 unspecified atom stereocenters. The lowest BCUT2D eigenvalue weighted by molar-refractivity contribution is -0.142. The smallest absolute Gasteiger partial charge is 0.319 e. The summed E-state index contributed by atoms with van der Waals surface area (Å²) in [5.41, 5.74) is 0.167. The molecule has 4 aliphatic rings. The summed E-state index contributed by atoms with van der Waals surface area (Å²) in [6.07, 6.45) is 3.99. The summed E-state index contributed by atoms with van der Waals surface area (Å²) < 4.78 is 32.8. The Balaban J connectivity index is 1.75. The number of nitrogens with zero attached hydrogens (tertiary/aromatic N) is 2. The molecule has 0 aliphatic heterocycles. The highest BCUT2D eigenvalue weighted by molar-refractivity contribution is 8.00. The third kappa shape index (κ3) is 3.76. The van der Waals surface area contributed by atoms with Crippen LogP contribution in [0.4, 0.5) is 8.78 Å². The zero-order chi connectivity index (χ0) is 20.8. The van der Waals surface area contributed by atoms with Gasteiger partial charge in [-0.1, -0.05) is 11.8 Å². The van der Waals surface area contributed by atoms with Gasteiger partial charge in [0.1, 0.15) is 16.3 Å². The van der Waals surface area contributed by atoms with Gasteiger partial charge in [0.2, 0.25) is 0 Å². The highest BCUT2D eigenvalue weighted by Crippen LogP contribution is 2.60. The number of pyridine rings is 1. The van der Waals surface area contributed by atoms with Crippen LogP contribution in [0.25, 0.3) is 0 Å². The summed E-state index contributed by atoms with van der Waals surface area (Å²) in [6, 6.07) is 3.39. The molecule has 4 saturated carbocycles. The fraction of sp³-hybridized carbons (Fsp3) is 0.682. The number of nitriles is 1. The summed E-state index contributed by atoms with van der Waals surface area (Å²) in [6.45, 7) is 3.62. The molecule has 1 aromatic rings. The molecule has 4 fully saturated rings. The molecule has 0 N–H and O–H groups in total. The Bertz CT molecular complexity index is 817. The van der Waals surface area contributed by atoms with Crippen molar-refractivity contribution < 1.29 is 18.3 Å². The van der Waals surface area contributed by atoms with Gasteiger partial charge in [0.05, 0.1) is 12.2 Å². The van der Waals surface area contributed by atoms with Gasteiger partial charge in [-0.05, 0) is 76.2 Å². The van der Waals surface area contributed by atoms with Gasteiger partial charge in [0.25, 0.3) is 6.43 Å². The fourth-order valence-electron chi connectivity index (χ4n) is 6.08. The van der Waals surface area contributed by atoms with E-state index in [1.165, 1.54) is 25.3 Å². The van der Waals surface area contributed by atoms with Crippen LogP contribution < -0.4 is 0 Å². The van der Waals surface area contributed by atoms with Crippen LogP contribution in [-0.2, 0) is 14.9 Å². The van der Waals surface area contributed by atoms with Crippen molar-refractivity contribution in [3.05, 3.63) is 22.9 Å². The van der Waals surface area contributed by atoms with Gasteiger partial charge in [0, 0.05) is 16.7 Å². The van der Waals surface area contributed by atoms with Gasteiger partial charge in [-0.15, -0.1) is 0 Å². The minimum Gasteiger partial charge on any atom is -0.465 e. The summed E-state index contributed by atoms with van der Waals surface area (Å²) in [5, 5.41) is 9.19. The number of ether oxygens (including phenoxy) is 1. The number of hydrogen-bond acceptors (Lipinski definition) is 5. The molecule has 0 spiro atoms. The second-order valence-electron chi connectivity index (χ2n) is 8.90. The number of alkyl halides is 2. The van der Waals surface area contributed by atoms with Crippen LogP contribution in [0.15, 0.2) is 11.1 Å². The fourth-order valence-corrected chi connectivity index (χ4v) is 7.01. The average molecular weight is 421 g/mol. The molecule has 4 bridgehead atoms. The number of hydrogen-bond donors (Lipinski definition) is 0. The number of esters is 1. The van der Waals surface area contributed by atoms with Crippen molar-refractivity contribution in [1.82, 2.24) is 4.98 Å². The van der Waals surface area contributed by atoms with Crippen molar-refractivity contribution >= 4 is 17.7 Å². The standard InChI is InChI=1S/C22H26F2N2O2S/c1-3-28-21(27)12(2)29-20-17(11-25)16(19(23)24)7-18(26-20)22-8-13-4-14(9-22)6-15(5-13)10-22/h7,12-15,19H,3-6,8-10H2,1-2H3. The van der Waals surface area contributed by atoms with Gasteiger partial charge in [-0.2, -0.15) is 5.26 Å². The van der Waals surface area contributed by atoms with Crippen molar-refractivity contribution in [2.45, 2.75) is 74.5 Å². The Hall–Kier alpha value is -1.68. The average Bonchev–Trinajstić information content (AvgIpc) is 2.66. The van der Waals surface area contributed by atoms with E-state index in [4.69, 9.17) is 9.72 Å². The van der Waals surface area contributed by atoms with E-state index >= 15 is 0 Å². The normalized spacial score (nSPS) is 31.0. The van der Waals surface area contributed by atoms with E-state index in [2.05, 4.69) is 0 Å². The van der Waals surface area contributed by atoms with E-state index in [0.717, 1.165) is 31.0 Å². The molecule has 0 radical (unpaired) electrons. The van der Waals surface area contributed by atoms with E-state index in [1.807, 2.05) is 6.07 Å². The van der Waals surface area contributed by atoms with Gasteiger partial charge < -0.3 is 4.74 Å². The molecule has 0 amide bonds. The van der Waals surface area contributed by atoms with Crippen LogP contribution in [0.2, 0.25) is 0 Å². The summed E-state index contributed by atoms with van der Waals surface area (Å²) >= 11 is 1.05. The second-order valence-corrected chi connectivity index (χ2v) is 10.2. The van der Waals surface area contributed by atoms with Crippen LogP contribution in [0, 0.1) is 29.1 Å². The lowest BCUT2D eigenvalue weighted by atomic mass is 9.48. The predicted octanol–water partition coefficient (Wildman–Crippen LogP) is 5.40. The SMILES string of the molecule is CCOC(=O)C(C)Sc1nc(C23CC4CC(CC(C4)C2)C3)cc(C(F)F)c1C#N. The maximum Gasteiger partial charge on any atom is 0.319 e. The molecular formula is C22H26F2N2O2S. The maximum atomic E-state index is 13.9. The molecular weight excluding hydrogens is 394 g/mol. The molecule has 5 rings (SSSR count). The summed E-state index contributed by atoms with van der Waals surface area (Å²) in [4.78, 5) is 16.8. The maximum absolute atomic E-state index is 13.9. The topological polar surface area (TPSA) is 63.0 Å². The highest BCUT2D eigenvalue weighted by atomic mass is 32.2. The molecule has 4 aliphatic carbocycles. The first kappa shape index (κ1) is 20.6. The van der Waals surface area contributed by atoms with Crippen LogP contribution in [0.5, 0.6) is 0 Å². The first-order chi connectivity index (χ1) is 13.8. The first-order valence-corrected chi connectivity index (χ1v) is 11.3. The minimum atomic E-state index is -2.75. The Kier molecular flexibility index (Phi) is 5.58. The number of aromatic nitrogens is 1. The molecule has 1 atom stereocenters. The third-order valence-corrected chi connectivity index (χ3v) is 7.92. The van der Waals surface area contributed by atoms with Gasteiger partial charge in [-0.25, -0.2) is 13.8 Å². The highest BCUT2D eigenvalue weighted by Gasteiger charge is 2.52. The molecule has 7 heteroatoms. The van der Waals surface area contributed by atoms with E-state index in [0.29, 0.717) is 23.4 Å². The molecule has 0 saturated heterocycles. The van der Waals surface area contributed by atoms with Gasteiger partial charge >= 0.3 is 5.97 Å². The zero-order valence-electron chi connectivity index (χ0n) is 16.8. The molecule has 1 heterocycles. The minimum absolute atomic E-state index is 0.116. The monoisotopic (exact) mass is 420 g/mol. The Morgan fingerprint density at radius 3 is 2.38 bits per heavy atom. The quantitative estimate of drug-likeness (QED) is 0.455. The lowest BCUT2D eigenvalue weighted by Gasteiger charge is -2.56. The van der Waals surface area contributed by atoms with E-state index in [1.54, 1.807) is 13.8 Å². The number of thioether (sulfide) groups is 1. The van der Waals surface area contributed by atoms with Crippen LogP contribution in [-0.4, -0.2) is 22.8 Å². The Labute approximate surface area is 174 Å². The van der Waals surface area contributed by atoms with E-state index in [9.17, 15) is 18.8 Å². The first-order valence-electron chi connectivity index (χ1n) is 10.4. The number of carbonyl (C=O) groups excluding carboxylic acids is 1. The molecule has 156 valence electrons. The van der Waals surface area contributed by atoms with Crippen molar-refractivity contribution in [3.63, 3.8) is 0 Å². The molecule has 4 nitrogen and oxygen atoms in total.